The van der Waals surface area contributed by atoms with Gasteiger partial charge in [-0.3, -0.25) is 0 Å². The summed E-state index contributed by atoms with van der Waals surface area (Å²) in [6.07, 6.45) is 15.9. The van der Waals surface area contributed by atoms with Gasteiger partial charge in [-0.05, 0) is 5.92 Å². The fourth-order valence-electron chi connectivity index (χ4n) is 2.16. The van der Waals surface area contributed by atoms with Gasteiger partial charge in [0.15, 0.2) is 0 Å². The zero-order chi connectivity index (χ0) is 11.4. The zero-order valence-electron chi connectivity index (χ0n) is 11.4. The van der Waals surface area contributed by atoms with Crippen LogP contribution in [0.3, 0.4) is 0 Å². The van der Waals surface area contributed by atoms with E-state index in [0.29, 0.717) is 0 Å². The third kappa shape index (κ3) is 11.9. The Kier molecular flexibility index (Phi) is 12.1. The van der Waals surface area contributed by atoms with Crippen LogP contribution >= 0.6 is 0 Å². The second kappa shape index (κ2) is 12.1. The predicted molar refractivity (Wildman–Crippen MR) is 71.3 cm³/mol. The SMILES string of the molecule is CC1CCCCCC1.CCCCCCC. The molecule has 1 aliphatic carbocycles. The highest BCUT2D eigenvalue weighted by molar-refractivity contribution is 4.58. The number of rotatable bonds is 4. The minimum atomic E-state index is 1.03. The lowest BCUT2D eigenvalue weighted by Crippen LogP contribution is -1.88. The molecule has 0 bridgehead atoms. The van der Waals surface area contributed by atoms with Gasteiger partial charge in [-0.2, -0.15) is 0 Å². The van der Waals surface area contributed by atoms with Crippen LogP contribution in [-0.4, -0.2) is 0 Å². The molecule has 0 aliphatic heterocycles. The molecule has 1 fully saturated rings. The van der Waals surface area contributed by atoms with Crippen molar-refractivity contribution < 1.29 is 0 Å². The second-order valence-corrected chi connectivity index (χ2v) is 5.16. The third-order valence-corrected chi connectivity index (χ3v) is 3.35. The first-order chi connectivity index (χ1) is 7.31. The van der Waals surface area contributed by atoms with Gasteiger partial charge in [0.25, 0.3) is 0 Å². The van der Waals surface area contributed by atoms with Crippen molar-refractivity contribution in [1.29, 1.82) is 0 Å². The fraction of sp³-hybridized carbons (Fsp3) is 1.00. The van der Waals surface area contributed by atoms with Crippen molar-refractivity contribution in [3.05, 3.63) is 0 Å². The molecule has 0 aromatic carbocycles. The van der Waals surface area contributed by atoms with Crippen LogP contribution < -0.4 is 0 Å². The molecule has 0 spiro atoms. The normalized spacial score (nSPS) is 17.8. The van der Waals surface area contributed by atoms with E-state index < -0.39 is 0 Å². The lowest BCUT2D eigenvalue weighted by atomic mass is 10.0. The average Bonchev–Trinajstić information content (AvgIpc) is 2.48. The van der Waals surface area contributed by atoms with E-state index in [1.165, 1.54) is 70.6 Å². The molecule has 0 unspecified atom stereocenters. The molecule has 1 saturated carbocycles. The molecule has 0 nitrogen and oxygen atoms in total. The van der Waals surface area contributed by atoms with Gasteiger partial charge in [0.1, 0.15) is 0 Å². The van der Waals surface area contributed by atoms with Gasteiger partial charge in [0, 0.05) is 0 Å². The van der Waals surface area contributed by atoms with Gasteiger partial charge in [0.2, 0.25) is 0 Å². The number of hydrogen-bond acceptors (Lipinski definition) is 0. The van der Waals surface area contributed by atoms with E-state index in [2.05, 4.69) is 20.8 Å². The lowest BCUT2D eigenvalue weighted by Gasteiger charge is -2.02. The molecule has 0 saturated heterocycles. The smallest absolute Gasteiger partial charge is 0.0443 e. The van der Waals surface area contributed by atoms with Gasteiger partial charge >= 0.3 is 0 Å². The molecule has 92 valence electrons. The summed E-state index contributed by atoms with van der Waals surface area (Å²) in [5.74, 6) is 1.03. The molecule has 0 aromatic heterocycles. The molecule has 1 aliphatic rings. The Hall–Kier alpha value is 0. The summed E-state index contributed by atoms with van der Waals surface area (Å²) >= 11 is 0. The summed E-state index contributed by atoms with van der Waals surface area (Å²) in [7, 11) is 0. The van der Waals surface area contributed by atoms with Crippen LogP contribution in [0, 0.1) is 5.92 Å². The highest BCUT2D eigenvalue weighted by atomic mass is 14.1. The Balaban J connectivity index is 0.000000265. The van der Waals surface area contributed by atoms with Crippen molar-refractivity contribution in [2.45, 2.75) is 91.4 Å². The van der Waals surface area contributed by atoms with Crippen LogP contribution in [0.2, 0.25) is 0 Å². The Morgan fingerprint density at radius 2 is 1.20 bits per heavy atom. The van der Waals surface area contributed by atoms with Gasteiger partial charge < -0.3 is 0 Å². The molecule has 0 heterocycles. The fourth-order valence-corrected chi connectivity index (χ4v) is 2.16. The monoisotopic (exact) mass is 212 g/mol. The Morgan fingerprint density at radius 3 is 1.60 bits per heavy atom. The quantitative estimate of drug-likeness (QED) is 0.399. The average molecular weight is 212 g/mol. The highest BCUT2D eigenvalue weighted by Crippen LogP contribution is 2.21. The summed E-state index contributed by atoms with van der Waals surface area (Å²) in [4.78, 5) is 0. The molecule has 0 N–H and O–H groups in total. The molecule has 0 aromatic rings. The summed E-state index contributed by atoms with van der Waals surface area (Å²) in [5.41, 5.74) is 0. The van der Waals surface area contributed by atoms with E-state index in [1.54, 1.807) is 0 Å². The van der Waals surface area contributed by atoms with Crippen molar-refractivity contribution in [2.75, 3.05) is 0 Å². The minimum absolute atomic E-state index is 1.03. The molecule has 0 atom stereocenters. The summed E-state index contributed by atoms with van der Waals surface area (Å²) in [6.45, 7) is 6.87. The van der Waals surface area contributed by atoms with Crippen LogP contribution in [0.1, 0.15) is 91.4 Å². The summed E-state index contributed by atoms with van der Waals surface area (Å²) in [5, 5.41) is 0. The predicted octanol–water partition coefficient (Wildman–Crippen LogP) is 5.95. The largest absolute Gasteiger partial charge is 0.0654 e. The van der Waals surface area contributed by atoms with Crippen molar-refractivity contribution in [3.63, 3.8) is 0 Å². The number of hydrogen-bond donors (Lipinski definition) is 0. The molecule has 0 radical (unpaired) electrons. The standard InChI is InChI=1S/C8H16.C7H16/c1-8-6-4-2-3-5-7-8;1-3-5-7-6-4-2/h8H,2-7H2,1H3;3-7H2,1-2H3. The van der Waals surface area contributed by atoms with Crippen molar-refractivity contribution in [3.8, 4) is 0 Å². The molecular formula is C15H32. The first kappa shape index (κ1) is 15.0. The van der Waals surface area contributed by atoms with Crippen LogP contribution in [0.4, 0.5) is 0 Å². The van der Waals surface area contributed by atoms with Gasteiger partial charge in [-0.1, -0.05) is 91.4 Å². The van der Waals surface area contributed by atoms with E-state index in [0.717, 1.165) is 5.92 Å². The molecule has 0 heteroatoms. The van der Waals surface area contributed by atoms with Gasteiger partial charge in [-0.25, -0.2) is 0 Å². The van der Waals surface area contributed by atoms with E-state index in [4.69, 9.17) is 0 Å². The third-order valence-electron chi connectivity index (χ3n) is 3.35. The lowest BCUT2D eigenvalue weighted by molar-refractivity contribution is 0.505. The Morgan fingerprint density at radius 1 is 0.733 bits per heavy atom. The Bertz CT molecular complexity index is 94.6. The van der Waals surface area contributed by atoms with Crippen molar-refractivity contribution in [1.82, 2.24) is 0 Å². The van der Waals surface area contributed by atoms with Crippen LogP contribution in [0.5, 0.6) is 0 Å². The molecule has 0 amide bonds. The summed E-state index contributed by atoms with van der Waals surface area (Å²) < 4.78 is 0. The first-order valence-electron chi connectivity index (χ1n) is 7.31. The van der Waals surface area contributed by atoms with Crippen LogP contribution in [0.25, 0.3) is 0 Å². The van der Waals surface area contributed by atoms with Crippen LogP contribution in [-0.2, 0) is 0 Å². The highest BCUT2D eigenvalue weighted by Gasteiger charge is 2.05. The van der Waals surface area contributed by atoms with Gasteiger partial charge in [0.05, 0.1) is 0 Å². The van der Waals surface area contributed by atoms with Crippen LogP contribution in [0.15, 0.2) is 0 Å². The van der Waals surface area contributed by atoms with Crippen molar-refractivity contribution in [2.24, 2.45) is 5.92 Å². The van der Waals surface area contributed by atoms with E-state index in [1.807, 2.05) is 0 Å². The van der Waals surface area contributed by atoms with E-state index >= 15 is 0 Å². The maximum atomic E-state index is 2.38. The number of unbranched alkanes of at least 4 members (excludes halogenated alkanes) is 4. The zero-order valence-corrected chi connectivity index (χ0v) is 11.4. The molecule has 15 heavy (non-hydrogen) atoms. The Labute approximate surface area is 97.8 Å². The molecular weight excluding hydrogens is 180 g/mol. The van der Waals surface area contributed by atoms with Gasteiger partial charge in [-0.15, -0.1) is 0 Å². The van der Waals surface area contributed by atoms with E-state index in [-0.39, 0.29) is 0 Å². The van der Waals surface area contributed by atoms with E-state index in [9.17, 15) is 0 Å². The minimum Gasteiger partial charge on any atom is -0.0654 e. The second-order valence-electron chi connectivity index (χ2n) is 5.16. The maximum absolute atomic E-state index is 2.38. The molecule has 1 rings (SSSR count). The topological polar surface area (TPSA) is 0 Å². The summed E-state index contributed by atoms with van der Waals surface area (Å²) in [6, 6.07) is 0. The first-order valence-corrected chi connectivity index (χ1v) is 7.31. The maximum Gasteiger partial charge on any atom is -0.0443 e. The van der Waals surface area contributed by atoms with Crippen molar-refractivity contribution >= 4 is 0 Å².